The lowest BCUT2D eigenvalue weighted by atomic mass is 9.95. The van der Waals surface area contributed by atoms with E-state index in [1.807, 2.05) is 0 Å². The quantitative estimate of drug-likeness (QED) is 0.147. The van der Waals surface area contributed by atoms with Crippen LogP contribution < -0.4 is 5.32 Å². The third kappa shape index (κ3) is 5.97. The Labute approximate surface area is 205 Å². The number of aliphatic hydroxyl groups is 9. The van der Waals surface area contributed by atoms with Crippen LogP contribution in [0.25, 0.3) is 0 Å². The van der Waals surface area contributed by atoms with Gasteiger partial charge in [0.05, 0.1) is 19.3 Å². The molecule has 3 rings (SSSR count). The fourth-order valence-corrected chi connectivity index (χ4v) is 4.38. The molecule has 3 fully saturated rings. The fourth-order valence-electron chi connectivity index (χ4n) is 4.38. The van der Waals surface area contributed by atoms with Crippen LogP contribution in [0.15, 0.2) is 0 Å². The lowest BCUT2D eigenvalue weighted by molar-refractivity contribution is -0.379. The summed E-state index contributed by atoms with van der Waals surface area (Å²) in [7, 11) is 0. The van der Waals surface area contributed by atoms with Crippen molar-refractivity contribution in [2.24, 2.45) is 0 Å². The van der Waals surface area contributed by atoms with E-state index in [0.717, 1.165) is 6.92 Å². The Morgan fingerprint density at radius 2 is 1.31 bits per heavy atom. The maximum atomic E-state index is 11.7. The number of hydrogen-bond acceptors (Lipinski definition) is 15. The number of amides is 1. The molecule has 3 heterocycles. The molecule has 36 heavy (non-hydrogen) atoms. The van der Waals surface area contributed by atoms with Crippen LogP contribution in [0.2, 0.25) is 0 Å². The molecule has 10 N–H and O–H groups in total. The van der Waals surface area contributed by atoms with Gasteiger partial charge < -0.3 is 75.0 Å². The van der Waals surface area contributed by atoms with Gasteiger partial charge in [0.15, 0.2) is 18.9 Å². The molecule has 1 amide bonds. The van der Waals surface area contributed by atoms with E-state index >= 15 is 0 Å². The van der Waals surface area contributed by atoms with Gasteiger partial charge in [0, 0.05) is 6.92 Å². The first-order valence-electron chi connectivity index (χ1n) is 11.4. The van der Waals surface area contributed by atoms with E-state index in [1.54, 1.807) is 0 Å². The lowest BCUT2D eigenvalue weighted by Crippen LogP contribution is -2.68. The van der Waals surface area contributed by atoms with Gasteiger partial charge in [0.25, 0.3) is 0 Å². The summed E-state index contributed by atoms with van der Waals surface area (Å²) in [6, 6.07) is -1.36. The van der Waals surface area contributed by atoms with Crippen LogP contribution in [-0.4, -0.2) is 157 Å². The zero-order valence-electron chi connectivity index (χ0n) is 19.5. The minimum atomic E-state index is -1.85. The van der Waals surface area contributed by atoms with Crippen molar-refractivity contribution in [3.05, 3.63) is 0 Å². The van der Waals surface area contributed by atoms with E-state index in [0.29, 0.717) is 0 Å². The molecule has 210 valence electrons. The normalized spacial score (nSPS) is 50.0. The van der Waals surface area contributed by atoms with E-state index in [2.05, 4.69) is 5.32 Å². The largest absolute Gasteiger partial charge is 0.394 e. The summed E-state index contributed by atoms with van der Waals surface area (Å²) in [5.74, 6) is -0.617. The second kappa shape index (κ2) is 12.2. The summed E-state index contributed by atoms with van der Waals surface area (Å²) < 4.78 is 27.4. The number of nitrogens with one attached hydrogen (secondary N) is 1. The molecule has 16 heteroatoms. The second-order valence-electron chi connectivity index (χ2n) is 9.05. The van der Waals surface area contributed by atoms with E-state index in [1.165, 1.54) is 6.92 Å². The molecule has 15 atom stereocenters. The summed E-state index contributed by atoms with van der Waals surface area (Å²) in [6.45, 7) is 1.06. The van der Waals surface area contributed by atoms with Gasteiger partial charge in [-0.3, -0.25) is 4.79 Å². The number of hydrogen-bond donors (Lipinski definition) is 10. The number of aliphatic hydroxyl groups excluding tert-OH is 9. The van der Waals surface area contributed by atoms with Crippen molar-refractivity contribution in [1.82, 2.24) is 5.32 Å². The van der Waals surface area contributed by atoms with Gasteiger partial charge in [0.1, 0.15) is 67.1 Å². The third-order valence-electron chi connectivity index (χ3n) is 6.46. The Bertz CT molecular complexity index is 729. The highest BCUT2D eigenvalue weighted by atomic mass is 16.8. The number of carbonyl (C=O) groups excluding carboxylic acids is 1. The highest BCUT2D eigenvalue weighted by Crippen LogP contribution is 2.32. The molecule has 3 aliphatic rings. The first-order valence-corrected chi connectivity index (χ1v) is 11.4. The lowest BCUT2D eigenvalue weighted by Gasteiger charge is -2.48. The predicted octanol–water partition coefficient (Wildman–Crippen LogP) is -6.40. The molecule has 3 saturated heterocycles. The average molecular weight is 529 g/mol. The smallest absolute Gasteiger partial charge is 0.217 e. The van der Waals surface area contributed by atoms with Crippen molar-refractivity contribution in [2.75, 3.05) is 13.2 Å². The van der Waals surface area contributed by atoms with Gasteiger partial charge in [-0.25, -0.2) is 0 Å². The number of carbonyl (C=O) groups is 1. The molecular formula is C20H35NO15. The highest BCUT2D eigenvalue weighted by Gasteiger charge is 2.53. The van der Waals surface area contributed by atoms with Gasteiger partial charge >= 0.3 is 0 Å². The molecule has 0 aromatic rings. The molecule has 0 unspecified atom stereocenters. The highest BCUT2D eigenvalue weighted by molar-refractivity contribution is 5.73. The van der Waals surface area contributed by atoms with Crippen molar-refractivity contribution < 1.29 is 74.4 Å². The molecule has 3 aliphatic heterocycles. The van der Waals surface area contributed by atoms with Crippen molar-refractivity contribution in [1.29, 1.82) is 0 Å². The van der Waals surface area contributed by atoms with E-state index < -0.39 is 111 Å². The number of ether oxygens (including phenoxy) is 5. The molecule has 0 aromatic heterocycles. The maximum Gasteiger partial charge on any atom is 0.217 e. The van der Waals surface area contributed by atoms with Crippen LogP contribution in [-0.2, 0) is 28.5 Å². The standard InChI is InChI=1S/C20H35NO15/c1-5-10(25)14(29)17(36-19-15(30)13(28)11(26)7(3-22)34-19)20(32-5)35-16-9(21-6(2)24)18(31)33-8(4-23)12(16)27/h5,7-20,22-23,25-31H,3-4H2,1-2H3,(H,21,24)/t5-,7+,8+,9+,10-,11+,12+,13-,14+,15+,16+,17+,18+,19+,20-/m0/s1. The van der Waals surface area contributed by atoms with E-state index in [-0.39, 0.29) is 0 Å². The zero-order chi connectivity index (χ0) is 26.9. The minimum absolute atomic E-state index is 0.617. The van der Waals surface area contributed by atoms with Crippen LogP contribution >= 0.6 is 0 Å². The summed E-state index contributed by atoms with van der Waals surface area (Å²) in [5, 5.41) is 93.7. The topological polar surface area (TPSA) is 257 Å². The maximum absolute atomic E-state index is 11.7. The third-order valence-corrected chi connectivity index (χ3v) is 6.46. The Morgan fingerprint density at radius 1 is 0.722 bits per heavy atom. The van der Waals surface area contributed by atoms with Crippen molar-refractivity contribution >= 4 is 5.91 Å². The molecular weight excluding hydrogens is 494 g/mol. The summed E-state index contributed by atoms with van der Waals surface area (Å²) >= 11 is 0. The molecule has 0 bridgehead atoms. The van der Waals surface area contributed by atoms with E-state index in [9.17, 15) is 50.8 Å². The molecule has 0 spiro atoms. The molecule has 0 radical (unpaired) electrons. The monoisotopic (exact) mass is 529 g/mol. The van der Waals surface area contributed by atoms with Crippen LogP contribution in [0.4, 0.5) is 0 Å². The molecule has 16 nitrogen and oxygen atoms in total. The Morgan fingerprint density at radius 3 is 1.89 bits per heavy atom. The van der Waals surface area contributed by atoms with Crippen LogP contribution in [0.3, 0.4) is 0 Å². The van der Waals surface area contributed by atoms with Gasteiger partial charge in [-0.2, -0.15) is 0 Å². The second-order valence-corrected chi connectivity index (χ2v) is 9.05. The van der Waals surface area contributed by atoms with Crippen molar-refractivity contribution in [3.8, 4) is 0 Å². The Hall–Kier alpha value is -1.09. The van der Waals surface area contributed by atoms with Gasteiger partial charge in [-0.15, -0.1) is 0 Å². The molecule has 0 aliphatic carbocycles. The van der Waals surface area contributed by atoms with Crippen molar-refractivity contribution in [3.63, 3.8) is 0 Å². The average Bonchev–Trinajstić information content (AvgIpc) is 2.83. The van der Waals surface area contributed by atoms with Crippen LogP contribution in [0, 0.1) is 0 Å². The molecule has 0 aromatic carbocycles. The number of rotatable bonds is 7. The van der Waals surface area contributed by atoms with E-state index in [4.69, 9.17) is 23.7 Å². The van der Waals surface area contributed by atoms with Crippen LogP contribution in [0.1, 0.15) is 13.8 Å². The fraction of sp³-hybridized carbons (Fsp3) is 0.950. The van der Waals surface area contributed by atoms with Gasteiger partial charge in [-0.05, 0) is 6.92 Å². The first-order chi connectivity index (χ1) is 16.9. The van der Waals surface area contributed by atoms with Gasteiger partial charge in [0.2, 0.25) is 5.91 Å². The molecule has 0 saturated carbocycles. The summed E-state index contributed by atoms with van der Waals surface area (Å²) in [4.78, 5) is 11.7. The van der Waals surface area contributed by atoms with Crippen LogP contribution in [0.5, 0.6) is 0 Å². The van der Waals surface area contributed by atoms with Gasteiger partial charge in [-0.1, -0.05) is 0 Å². The van der Waals surface area contributed by atoms with Crippen molar-refractivity contribution in [2.45, 2.75) is 106 Å². The SMILES string of the molecule is CC(=O)N[C@@H]1[C@@H](O[C@@H]2O[C@@H](C)[C@H](O)[C@@H](O)[C@H]2O[C@H]2O[C@H](CO)[C@@H](O)[C@H](O)[C@H]2O)[C@H](O)[C@@H](CO)O[C@H]1O. The first kappa shape index (κ1) is 29.5. The predicted molar refractivity (Wildman–Crippen MR) is 111 cm³/mol. The Balaban J connectivity index is 1.87. The Kier molecular flexibility index (Phi) is 9.97. The summed E-state index contributed by atoms with van der Waals surface area (Å²) in [5.41, 5.74) is 0. The minimum Gasteiger partial charge on any atom is -0.394 e. The summed E-state index contributed by atoms with van der Waals surface area (Å²) in [6.07, 6.45) is -22.2. The zero-order valence-corrected chi connectivity index (χ0v) is 19.5.